The Morgan fingerprint density at radius 3 is 1.78 bits per heavy atom. The summed E-state index contributed by atoms with van der Waals surface area (Å²) in [7, 11) is 3.90. The Balaban J connectivity index is 1.04. The molecule has 0 spiro atoms. The number of likely N-dealkylation sites (N-methyl/N-ethyl adjacent to an activating group) is 3. The standard InChI is InChI=1S/C92H119F2N17O22S/c1-7-8-25-71(91(131)111-47-60(114)44-73(111)86(126)100-58(48-112)43-79(119)120)107(4)90(130)74(41-54-20-13-10-14-21-54)109(6)88(128)69(39-56-28-31-62(93)63(94)37-56)101-77(116)51-134-50-70(81(121)99-46-76(96)115)106-82(122)65(24-17-34-95)102-83(123)67(38-55-26-29-59(113)30-27-55)104-84(124)68(42-57-45-98-64-23-16-15-22-61(57)64)105-87(127)75-49-133-36-35-110(75)89(129)66(32-33-78(117)118)103-85(125)72(40-53-18-11-9-12-19-53)108(5)92(132)80(97)52(2)3/h9-16,18-23,26-31,37,45,48,52,58,60,65-75,80,98,113-114H,7-8,17,24-25,32-36,38-44,46-47,49-51,95,97H2,1-6H3,(H2,96,115)(H,99,121)(H,100,126)(H,101,116)(H,102,123)(H,103,125)(H,104,124)(H,105,127)(H,106,122)(H,117,118)(H,119,120)/t58-,60-,65-,66-,67-,68-,69-,70-,71-,72?,73+,74-,75+,80-/m0/s1. The lowest BCUT2D eigenvalue weighted by Gasteiger charge is -2.38. The summed E-state index contributed by atoms with van der Waals surface area (Å²) in [6.45, 7) is 3.06. The molecule has 0 saturated carbocycles. The third kappa shape index (κ3) is 30.9. The fraction of sp³-hybridized carbons (Fsp3) is 0.467. The SMILES string of the molecule is CCCC[C@@H](C(=O)N1C[C@@H](O)C[C@@H]1C(=O)N[C@H](C=O)CC(=O)O)N(C)C(=O)[C@H](Cc1ccccc1)N(C)C(=O)[C@H](Cc1ccc(F)c(F)c1)NC(=O)CSC[C@H](NC(=O)[C@H](CCCN)NC(=O)[C@H](Cc1ccc(O)cc1)NC(=O)[C@H](Cc1c[nH]c2ccccc12)NC(=O)[C@H]1COCCN1C(=O)[C@H](CCC(=O)O)NC(=O)C(Cc1ccccc1)N(C)C(=O)[C@@H](N)C(C)C)C(=O)NCC(N)=O. The van der Waals surface area contributed by atoms with Gasteiger partial charge in [-0.25, -0.2) is 8.78 Å². The van der Waals surface area contributed by atoms with Crippen LogP contribution in [0.4, 0.5) is 8.78 Å². The zero-order chi connectivity index (χ0) is 98.2. The summed E-state index contributed by atoms with van der Waals surface area (Å²) in [5.41, 5.74) is 20.2. The molecule has 2 aliphatic rings. The minimum absolute atomic E-state index is 0.0191. The number of para-hydroxylation sites is 1. The Hall–Kier alpha value is -13.3. The number of phenolic OH excluding ortho intramolecular Hbond substituents is 1. The average Bonchev–Trinajstić information content (AvgIpc) is 1.38. The van der Waals surface area contributed by atoms with Crippen molar-refractivity contribution in [1.29, 1.82) is 0 Å². The smallest absolute Gasteiger partial charge is 0.305 e. The van der Waals surface area contributed by atoms with E-state index in [1.165, 1.54) is 45.4 Å². The Bertz CT molecular complexity index is 5120. The number of likely N-dealkylation sites (tertiary alicyclic amines) is 1. The van der Waals surface area contributed by atoms with E-state index in [1.807, 2.05) is 0 Å². The fourth-order valence-corrected chi connectivity index (χ4v) is 16.4. The topological polar surface area (TPSA) is 587 Å². The van der Waals surface area contributed by atoms with E-state index in [0.29, 0.717) is 57.8 Å². The van der Waals surface area contributed by atoms with Crippen LogP contribution in [0.3, 0.4) is 0 Å². The number of carboxylic acid groups (broad SMARTS) is 2. The zero-order valence-electron chi connectivity index (χ0n) is 75.3. The third-order valence-electron chi connectivity index (χ3n) is 23.1. The Morgan fingerprint density at radius 2 is 1.16 bits per heavy atom. The molecule has 39 nitrogen and oxygen atoms in total. The number of aliphatic hydroxyl groups excluding tert-OH is 1. The lowest BCUT2D eigenvalue weighted by molar-refractivity contribution is -0.152. The maximum Gasteiger partial charge on any atom is 0.305 e. The van der Waals surface area contributed by atoms with E-state index in [-0.39, 0.29) is 94.6 Å². The molecule has 14 atom stereocenters. The van der Waals surface area contributed by atoms with Crippen molar-refractivity contribution in [3.05, 3.63) is 173 Å². The quantitative estimate of drug-likeness (QED) is 0.0214. The number of hydrogen-bond acceptors (Lipinski definition) is 23. The molecule has 42 heteroatoms. The molecule has 0 radical (unpaired) electrons. The van der Waals surface area contributed by atoms with Crippen molar-refractivity contribution in [1.82, 2.24) is 72.0 Å². The van der Waals surface area contributed by atoms with Crippen LogP contribution in [-0.4, -0.2) is 308 Å². The number of aromatic hydroxyl groups is 1. The number of aliphatic carboxylic acids is 2. The maximum absolute atomic E-state index is 15.4. The number of amides is 14. The molecule has 2 fully saturated rings. The van der Waals surface area contributed by atoms with Crippen molar-refractivity contribution in [2.45, 2.75) is 195 Å². The number of H-pyrrole nitrogens is 1. The predicted octanol–water partition coefficient (Wildman–Crippen LogP) is -0.486. The molecule has 0 aliphatic carbocycles. The fourth-order valence-electron chi connectivity index (χ4n) is 15.6. The first-order valence-electron chi connectivity index (χ1n) is 43.9. The van der Waals surface area contributed by atoms with Gasteiger partial charge in [-0.2, -0.15) is 0 Å². The van der Waals surface area contributed by atoms with Gasteiger partial charge in [0, 0.05) is 102 Å². The summed E-state index contributed by atoms with van der Waals surface area (Å²) in [5.74, 6) is -20.2. The maximum atomic E-state index is 15.4. The number of nitrogens with zero attached hydrogens (tertiary/aromatic N) is 5. The lowest BCUT2D eigenvalue weighted by Crippen LogP contribution is -2.64. The van der Waals surface area contributed by atoms with Gasteiger partial charge in [0.2, 0.25) is 82.7 Å². The molecule has 2 saturated heterocycles. The number of thioether (sulfide) groups is 1. The first-order valence-corrected chi connectivity index (χ1v) is 45.1. The van der Waals surface area contributed by atoms with Crippen molar-refractivity contribution in [3.63, 3.8) is 0 Å². The van der Waals surface area contributed by atoms with E-state index in [1.54, 1.807) is 112 Å². The highest BCUT2D eigenvalue weighted by Crippen LogP contribution is 2.28. The molecule has 19 N–H and O–H groups in total. The van der Waals surface area contributed by atoms with Crippen molar-refractivity contribution in [2.24, 2.45) is 23.1 Å². The second-order valence-electron chi connectivity index (χ2n) is 33.4. The molecule has 724 valence electrons. The molecule has 1 aromatic heterocycles. The van der Waals surface area contributed by atoms with Gasteiger partial charge >= 0.3 is 11.9 Å². The number of benzene rings is 5. The molecule has 14 amide bonds. The number of fused-ring (bicyclic) bond motifs is 1. The number of aromatic amines is 1. The first-order chi connectivity index (χ1) is 63.8. The molecule has 2 aliphatic heterocycles. The van der Waals surface area contributed by atoms with Gasteiger partial charge in [-0.15, -0.1) is 11.8 Å². The minimum atomic E-state index is -1.72. The van der Waals surface area contributed by atoms with Gasteiger partial charge in [0.25, 0.3) is 0 Å². The number of unbranched alkanes of at least 4 members (excludes halogenated alkanes) is 1. The summed E-state index contributed by atoms with van der Waals surface area (Å²) < 4.78 is 35.4. The van der Waals surface area contributed by atoms with Crippen LogP contribution in [0.25, 0.3) is 10.9 Å². The first kappa shape index (κ1) is 106. The van der Waals surface area contributed by atoms with Gasteiger partial charge in [-0.1, -0.05) is 131 Å². The number of carbonyl (C=O) groups is 17. The summed E-state index contributed by atoms with van der Waals surface area (Å²) in [4.78, 5) is 249. The number of nitrogens with two attached hydrogens (primary N) is 3. The predicted molar refractivity (Wildman–Crippen MR) is 485 cm³/mol. The number of morpholine rings is 1. The lowest BCUT2D eigenvalue weighted by atomic mass is 9.99. The number of nitrogens with one attached hydrogen (secondary N) is 9. The minimum Gasteiger partial charge on any atom is -0.508 e. The number of rotatable bonds is 51. The van der Waals surface area contributed by atoms with Crippen molar-refractivity contribution < 1.29 is 115 Å². The Morgan fingerprint density at radius 1 is 0.582 bits per heavy atom. The molecular formula is C92H119F2N17O22S. The van der Waals surface area contributed by atoms with E-state index in [2.05, 4.69) is 47.5 Å². The molecule has 134 heavy (non-hydrogen) atoms. The van der Waals surface area contributed by atoms with Gasteiger partial charge in [0.1, 0.15) is 78.5 Å². The van der Waals surface area contributed by atoms with E-state index in [9.17, 15) is 77.6 Å². The number of phenols is 1. The number of carbonyl (C=O) groups excluding carboxylic acids is 15. The van der Waals surface area contributed by atoms with Crippen LogP contribution < -0.4 is 59.7 Å². The van der Waals surface area contributed by atoms with Crippen molar-refractivity contribution >= 4 is 124 Å². The monoisotopic (exact) mass is 1880 g/mol. The van der Waals surface area contributed by atoms with E-state index >= 15 is 33.2 Å². The summed E-state index contributed by atoms with van der Waals surface area (Å²) in [5, 5.41) is 61.7. The average molecular weight is 1890 g/mol. The van der Waals surface area contributed by atoms with Crippen LogP contribution in [0.1, 0.15) is 106 Å². The number of aromatic nitrogens is 1. The van der Waals surface area contributed by atoms with Crippen molar-refractivity contribution in [2.75, 3.05) is 72.0 Å². The van der Waals surface area contributed by atoms with Crippen LogP contribution in [0.5, 0.6) is 5.75 Å². The third-order valence-corrected chi connectivity index (χ3v) is 24.2. The van der Waals surface area contributed by atoms with Crippen LogP contribution in [-0.2, 0) is 118 Å². The molecule has 6 aromatic rings. The number of ether oxygens (including phenoxy) is 1. The largest absolute Gasteiger partial charge is 0.508 e. The molecule has 5 aromatic carbocycles. The number of halogens is 2. The van der Waals surface area contributed by atoms with Crippen LogP contribution in [0, 0.1) is 17.6 Å². The number of aldehydes is 1. The van der Waals surface area contributed by atoms with Crippen LogP contribution in [0.15, 0.2) is 134 Å². The number of hydrogen-bond donors (Lipinski definition) is 16. The van der Waals surface area contributed by atoms with E-state index < -0.39 is 248 Å². The van der Waals surface area contributed by atoms with Crippen LogP contribution >= 0.6 is 11.8 Å². The van der Waals surface area contributed by atoms with Gasteiger partial charge in [0.15, 0.2) is 11.6 Å². The van der Waals surface area contributed by atoms with Crippen LogP contribution in [0.2, 0.25) is 0 Å². The van der Waals surface area contributed by atoms with Gasteiger partial charge < -0.3 is 119 Å². The Labute approximate surface area is 776 Å². The molecule has 3 heterocycles. The molecular weight excluding hydrogens is 1770 g/mol. The highest BCUT2D eigenvalue weighted by Gasteiger charge is 2.47. The number of primary amides is 1. The summed E-state index contributed by atoms with van der Waals surface area (Å²) >= 11 is 0.686. The highest BCUT2D eigenvalue weighted by atomic mass is 32.2. The normalized spacial score (nSPS) is 16.6. The van der Waals surface area contributed by atoms with Gasteiger partial charge in [-0.05, 0) is 96.3 Å². The van der Waals surface area contributed by atoms with E-state index in [4.69, 9.17) is 21.9 Å². The van der Waals surface area contributed by atoms with E-state index in [0.717, 1.165) is 42.7 Å². The second kappa shape index (κ2) is 51.6. The summed E-state index contributed by atoms with van der Waals surface area (Å²) in [6, 6.07) is 12.3. The second-order valence-corrected chi connectivity index (χ2v) is 34.5. The summed E-state index contributed by atoms with van der Waals surface area (Å²) in [6.07, 6.45) is -2.71. The molecule has 1 unspecified atom stereocenters. The number of carboxylic acids is 2. The zero-order valence-corrected chi connectivity index (χ0v) is 76.1. The Kier molecular flexibility index (Phi) is 40.9. The van der Waals surface area contributed by atoms with Gasteiger partial charge in [0.05, 0.1) is 50.1 Å². The highest BCUT2D eigenvalue weighted by molar-refractivity contribution is 8.00. The molecule has 0 bridgehead atoms. The van der Waals surface area contributed by atoms with Gasteiger partial charge in [-0.3, -0.25) is 76.7 Å². The number of aliphatic hydroxyl groups is 1. The molecule has 8 rings (SSSR count). The van der Waals surface area contributed by atoms with Crippen molar-refractivity contribution in [3.8, 4) is 5.75 Å². The number of β-amino-alcohol motifs (C(OH)–C–C–N with tert-alkyl or cyclic N) is 1.